The fourth-order valence-electron chi connectivity index (χ4n) is 4.12. The minimum atomic E-state index is 0.698. The SMILES string of the molecule is Cc1cccc(N2CCN(c3cnnc(N4CCc5ccccc54)n3)CC2)c1. The molecule has 6 heteroatoms. The van der Waals surface area contributed by atoms with Crippen LogP contribution >= 0.6 is 0 Å². The van der Waals surface area contributed by atoms with Gasteiger partial charge in [-0.2, -0.15) is 10.1 Å². The second-order valence-electron chi connectivity index (χ2n) is 7.46. The Bertz CT molecular complexity index is 980. The number of fused-ring (bicyclic) bond motifs is 1. The Labute approximate surface area is 165 Å². The Hall–Kier alpha value is -3.15. The molecular weight excluding hydrogens is 348 g/mol. The lowest BCUT2D eigenvalue weighted by molar-refractivity contribution is 0.644. The highest BCUT2D eigenvalue weighted by Crippen LogP contribution is 2.32. The van der Waals surface area contributed by atoms with Crippen molar-refractivity contribution in [1.29, 1.82) is 0 Å². The van der Waals surface area contributed by atoms with Crippen LogP contribution in [-0.4, -0.2) is 47.9 Å². The maximum Gasteiger partial charge on any atom is 0.251 e. The summed E-state index contributed by atoms with van der Waals surface area (Å²) in [5, 5.41) is 8.57. The Kier molecular flexibility index (Phi) is 4.31. The number of aromatic nitrogens is 3. The normalized spacial score (nSPS) is 16.4. The Morgan fingerprint density at radius 1 is 0.857 bits per heavy atom. The lowest BCUT2D eigenvalue weighted by atomic mass is 10.2. The zero-order chi connectivity index (χ0) is 18.9. The van der Waals surface area contributed by atoms with E-state index in [2.05, 4.69) is 80.4 Å². The van der Waals surface area contributed by atoms with E-state index in [1.165, 1.54) is 22.5 Å². The van der Waals surface area contributed by atoms with E-state index < -0.39 is 0 Å². The van der Waals surface area contributed by atoms with Gasteiger partial charge in [-0.15, -0.1) is 5.10 Å². The molecule has 6 nitrogen and oxygen atoms in total. The third kappa shape index (κ3) is 3.15. The van der Waals surface area contributed by atoms with Crippen LogP contribution in [0.3, 0.4) is 0 Å². The summed E-state index contributed by atoms with van der Waals surface area (Å²) in [6.07, 6.45) is 2.81. The summed E-state index contributed by atoms with van der Waals surface area (Å²) in [6, 6.07) is 17.2. The average molecular weight is 372 g/mol. The van der Waals surface area contributed by atoms with E-state index in [1.54, 1.807) is 6.20 Å². The fourth-order valence-corrected chi connectivity index (χ4v) is 4.12. The minimum absolute atomic E-state index is 0.698. The van der Waals surface area contributed by atoms with E-state index in [9.17, 15) is 0 Å². The maximum atomic E-state index is 4.85. The van der Waals surface area contributed by atoms with Crippen LogP contribution in [0.4, 0.5) is 23.1 Å². The molecule has 2 aliphatic heterocycles. The van der Waals surface area contributed by atoms with Gasteiger partial charge >= 0.3 is 0 Å². The smallest absolute Gasteiger partial charge is 0.251 e. The Morgan fingerprint density at radius 3 is 2.54 bits per heavy atom. The maximum absolute atomic E-state index is 4.85. The van der Waals surface area contributed by atoms with Gasteiger partial charge in [0.1, 0.15) is 0 Å². The van der Waals surface area contributed by atoms with Gasteiger partial charge in [-0.05, 0) is 42.7 Å². The second kappa shape index (κ2) is 7.11. The molecule has 3 aromatic rings. The highest BCUT2D eigenvalue weighted by molar-refractivity contribution is 5.66. The topological polar surface area (TPSA) is 48.4 Å². The first-order valence-electron chi connectivity index (χ1n) is 9.90. The van der Waals surface area contributed by atoms with Gasteiger partial charge < -0.3 is 14.7 Å². The van der Waals surface area contributed by atoms with Crippen molar-refractivity contribution in [3.8, 4) is 0 Å². The van der Waals surface area contributed by atoms with Crippen molar-refractivity contribution < 1.29 is 0 Å². The summed E-state index contributed by atoms with van der Waals surface area (Å²) in [5.41, 5.74) is 5.15. The van der Waals surface area contributed by atoms with Crippen LogP contribution in [0, 0.1) is 6.92 Å². The van der Waals surface area contributed by atoms with Crippen molar-refractivity contribution in [2.24, 2.45) is 0 Å². The van der Waals surface area contributed by atoms with Gasteiger partial charge in [-0.25, -0.2) is 0 Å². The fraction of sp³-hybridized carbons (Fsp3) is 0.318. The summed E-state index contributed by atoms with van der Waals surface area (Å²) in [7, 11) is 0. The zero-order valence-corrected chi connectivity index (χ0v) is 16.1. The Balaban J connectivity index is 1.31. The third-order valence-electron chi connectivity index (χ3n) is 5.63. The molecule has 0 N–H and O–H groups in total. The van der Waals surface area contributed by atoms with Gasteiger partial charge in [0, 0.05) is 44.1 Å². The van der Waals surface area contributed by atoms with Gasteiger partial charge in [0.25, 0.3) is 5.95 Å². The summed E-state index contributed by atoms with van der Waals surface area (Å²) >= 11 is 0. The van der Waals surface area contributed by atoms with E-state index in [1.807, 2.05) is 0 Å². The predicted molar refractivity (Wildman–Crippen MR) is 113 cm³/mol. The first kappa shape index (κ1) is 17.0. The van der Waals surface area contributed by atoms with E-state index in [0.29, 0.717) is 5.95 Å². The number of nitrogens with zero attached hydrogens (tertiary/aromatic N) is 6. The molecule has 1 aromatic heterocycles. The largest absolute Gasteiger partial charge is 0.368 e. The molecule has 2 aliphatic rings. The van der Waals surface area contributed by atoms with Gasteiger partial charge in [-0.3, -0.25) is 0 Å². The van der Waals surface area contributed by atoms with Crippen LogP contribution in [0.1, 0.15) is 11.1 Å². The molecule has 0 aliphatic carbocycles. The lowest BCUT2D eigenvalue weighted by Gasteiger charge is -2.36. The quantitative estimate of drug-likeness (QED) is 0.704. The van der Waals surface area contributed by atoms with Crippen molar-refractivity contribution in [1.82, 2.24) is 15.2 Å². The standard InChI is InChI=1S/C22H24N6/c1-17-5-4-7-19(15-17)26-11-13-27(14-12-26)21-16-23-25-22(24-21)28-10-9-18-6-2-3-8-20(18)28/h2-8,15-16H,9-14H2,1H3. The van der Waals surface area contributed by atoms with Gasteiger partial charge in [0.15, 0.2) is 5.82 Å². The molecule has 0 spiro atoms. The van der Waals surface area contributed by atoms with Crippen LogP contribution in [0.25, 0.3) is 0 Å². The summed E-state index contributed by atoms with van der Waals surface area (Å²) in [6.45, 7) is 6.88. The highest BCUT2D eigenvalue weighted by atomic mass is 15.4. The molecule has 0 radical (unpaired) electrons. The number of rotatable bonds is 3. The van der Waals surface area contributed by atoms with E-state index >= 15 is 0 Å². The number of hydrogen-bond acceptors (Lipinski definition) is 6. The average Bonchev–Trinajstić information content (AvgIpc) is 3.18. The number of hydrogen-bond donors (Lipinski definition) is 0. The number of benzene rings is 2. The molecule has 0 saturated carbocycles. The number of anilines is 4. The number of aryl methyl sites for hydroxylation is 1. The number of piperazine rings is 1. The van der Waals surface area contributed by atoms with Gasteiger partial charge in [0.2, 0.25) is 0 Å². The molecule has 142 valence electrons. The Morgan fingerprint density at radius 2 is 1.68 bits per heavy atom. The van der Waals surface area contributed by atoms with Gasteiger partial charge in [0.05, 0.1) is 6.20 Å². The van der Waals surface area contributed by atoms with E-state index in [-0.39, 0.29) is 0 Å². The first-order valence-corrected chi connectivity index (χ1v) is 9.90. The van der Waals surface area contributed by atoms with Crippen LogP contribution in [0.5, 0.6) is 0 Å². The molecule has 0 atom stereocenters. The van der Waals surface area contributed by atoms with E-state index in [0.717, 1.165) is 45.0 Å². The van der Waals surface area contributed by atoms with Gasteiger partial charge in [-0.1, -0.05) is 30.3 Å². The van der Waals surface area contributed by atoms with E-state index in [4.69, 9.17) is 4.98 Å². The third-order valence-corrected chi connectivity index (χ3v) is 5.63. The lowest BCUT2D eigenvalue weighted by Crippen LogP contribution is -2.47. The number of para-hydroxylation sites is 1. The zero-order valence-electron chi connectivity index (χ0n) is 16.1. The molecule has 1 fully saturated rings. The molecule has 0 unspecified atom stereocenters. The van der Waals surface area contributed by atoms with Crippen molar-refractivity contribution in [2.75, 3.05) is 47.4 Å². The van der Waals surface area contributed by atoms with Crippen molar-refractivity contribution in [3.05, 3.63) is 65.9 Å². The van der Waals surface area contributed by atoms with Crippen molar-refractivity contribution in [2.45, 2.75) is 13.3 Å². The van der Waals surface area contributed by atoms with Crippen LogP contribution in [0.15, 0.2) is 54.7 Å². The second-order valence-corrected chi connectivity index (χ2v) is 7.46. The summed E-state index contributed by atoms with van der Waals surface area (Å²) in [5.74, 6) is 1.61. The summed E-state index contributed by atoms with van der Waals surface area (Å²) < 4.78 is 0. The predicted octanol–water partition coefficient (Wildman–Crippen LogP) is 3.20. The molecule has 0 bridgehead atoms. The molecular formula is C22H24N6. The molecule has 2 aromatic carbocycles. The molecule has 5 rings (SSSR count). The molecule has 28 heavy (non-hydrogen) atoms. The monoisotopic (exact) mass is 372 g/mol. The van der Waals surface area contributed by atoms with Crippen LogP contribution in [0.2, 0.25) is 0 Å². The molecule has 3 heterocycles. The van der Waals surface area contributed by atoms with Crippen LogP contribution in [-0.2, 0) is 6.42 Å². The minimum Gasteiger partial charge on any atom is -0.368 e. The van der Waals surface area contributed by atoms with Crippen molar-refractivity contribution >= 4 is 23.1 Å². The summed E-state index contributed by atoms with van der Waals surface area (Å²) in [4.78, 5) is 11.8. The van der Waals surface area contributed by atoms with Crippen molar-refractivity contribution in [3.63, 3.8) is 0 Å². The van der Waals surface area contributed by atoms with Crippen LogP contribution < -0.4 is 14.7 Å². The first-order chi connectivity index (χ1) is 13.8. The molecule has 0 amide bonds. The highest BCUT2D eigenvalue weighted by Gasteiger charge is 2.24. The molecule has 1 saturated heterocycles.